The van der Waals surface area contributed by atoms with Crippen molar-refractivity contribution in [3.05, 3.63) is 73.5 Å². The Bertz CT molecular complexity index is 695. The number of anilines is 1. The van der Waals surface area contributed by atoms with Gasteiger partial charge in [0.25, 0.3) is 0 Å². The Balaban J connectivity index is 1.94. The van der Waals surface area contributed by atoms with E-state index in [0.717, 1.165) is 5.69 Å². The van der Waals surface area contributed by atoms with Crippen molar-refractivity contribution in [3.63, 3.8) is 0 Å². The van der Waals surface area contributed by atoms with Crippen LogP contribution in [0, 0.1) is 0 Å². The van der Waals surface area contributed by atoms with Gasteiger partial charge in [-0.2, -0.15) is 0 Å². The Morgan fingerprint density at radius 2 is 1.70 bits per heavy atom. The summed E-state index contributed by atoms with van der Waals surface area (Å²) in [5, 5.41) is 7.68. The van der Waals surface area contributed by atoms with Crippen LogP contribution >= 0.6 is 22.7 Å². The van der Waals surface area contributed by atoms with E-state index >= 15 is 0 Å². The Kier molecular flexibility index (Phi) is 3.71. The van der Waals surface area contributed by atoms with Crippen LogP contribution in [0.4, 0.5) is 5.69 Å². The number of hydrogen-bond donors (Lipinski definition) is 1. The minimum absolute atomic E-state index is 0.000604. The third-order valence-electron chi connectivity index (χ3n) is 3.05. The van der Waals surface area contributed by atoms with Gasteiger partial charge in [-0.25, -0.2) is 0 Å². The molecule has 0 radical (unpaired) electrons. The minimum Gasteiger partial charge on any atom is -0.372 e. The zero-order valence-electron chi connectivity index (χ0n) is 10.9. The van der Waals surface area contributed by atoms with E-state index < -0.39 is 0 Å². The number of nitrogens with zero attached hydrogens (tertiary/aromatic N) is 1. The fraction of sp³-hybridized carbons (Fsp3) is 0.133. The van der Waals surface area contributed by atoms with Crippen molar-refractivity contribution in [1.29, 1.82) is 0 Å². The van der Waals surface area contributed by atoms with Crippen molar-refractivity contribution in [2.75, 3.05) is 5.32 Å². The normalized spacial score (nSPS) is 10.9. The molecule has 3 aromatic heterocycles. The zero-order valence-corrected chi connectivity index (χ0v) is 12.6. The summed E-state index contributed by atoms with van der Waals surface area (Å²) >= 11 is 3.46. The molecule has 0 fully saturated rings. The van der Waals surface area contributed by atoms with Crippen molar-refractivity contribution in [2.45, 2.75) is 6.04 Å². The summed E-state index contributed by atoms with van der Waals surface area (Å²) < 4.78 is 1.59. The van der Waals surface area contributed by atoms with Crippen LogP contribution in [0.25, 0.3) is 0 Å². The molecule has 5 heteroatoms. The van der Waals surface area contributed by atoms with Crippen molar-refractivity contribution in [3.8, 4) is 0 Å². The van der Waals surface area contributed by atoms with Gasteiger partial charge in [0, 0.05) is 29.1 Å². The van der Waals surface area contributed by atoms with Crippen molar-refractivity contribution < 1.29 is 0 Å². The maximum atomic E-state index is 11.5. The average molecular weight is 302 g/mol. The quantitative estimate of drug-likeness (QED) is 0.797. The molecule has 0 atom stereocenters. The molecular weight excluding hydrogens is 288 g/mol. The first-order valence-electron chi connectivity index (χ1n) is 6.24. The highest BCUT2D eigenvalue weighted by atomic mass is 32.1. The number of aryl methyl sites for hydroxylation is 1. The summed E-state index contributed by atoms with van der Waals surface area (Å²) in [6, 6.07) is 11.9. The summed E-state index contributed by atoms with van der Waals surface area (Å²) in [5.41, 5.74) is 0.943. The van der Waals surface area contributed by atoms with Gasteiger partial charge >= 0.3 is 0 Å². The van der Waals surface area contributed by atoms with E-state index in [0.29, 0.717) is 0 Å². The Hall–Kier alpha value is -1.85. The highest BCUT2D eigenvalue weighted by Gasteiger charge is 2.16. The van der Waals surface area contributed by atoms with E-state index in [1.807, 2.05) is 12.3 Å². The van der Waals surface area contributed by atoms with E-state index in [9.17, 15) is 4.79 Å². The molecule has 0 aliphatic carbocycles. The second-order valence-corrected chi connectivity index (χ2v) is 6.43. The van der Waals surface area contributed by atoms with Gasteiger partial charge in [-0.3, -0.25) is 4.79 Å². The van der Waals surface area contributed by atoms with Gasteiger partial charge in [0.15, 0.2) is 0 Å². The van der Waals surface area contributed by atoms with E-state index in [1.54, 1.807) is 40.4 Å². The van der Waals surface area contributed by atoms with Gasteiger partial charge in [0.1, 0.15) is 0 Å². The standard InChI is InChI=1S/C15H14N2OS2/c1-17-10-11(6-7-14(17)18)16-15(12-4-2-8-19-12)13-5-3-9-20-13/h2-10,15-16H,1H3. The molecule has 0 aliphatic rings. The van der Waals surface area contributed by atoms with Crippen LogP contribution in [0.1, 0.15) is 15.8 Å². The number of thiophene rings is 2. The molecule has 0 saturated carbocycles. The lowest BCUT2D eigenvalue weighted by molar-refractivity contribution is 0.855. The van der Waals surface area contributed by atoms with E-state index in [-0.39, 0.29) is 11.6 Å². The molecule has 3 rings (SSSR count). The lowest BCUT2D eigenvalue weighted by Gasteiger charge is -2.18. The molecule has 0 aliphatic heterocycles. The van der Waals surface area contributed by atoms with Gasteiger partial charge in [-0.15, -0.1) is 22.7 Å². The largest absolute Gasteiger partial charge is 0.372 e. The topological polar surface area (TPSA) is 34.0 Å². The second kappa shape index (κ2) is 5.64. The summed E-state index contributed by atoms with van der Waals surface area (Å²) in [4.78, 5) is 14.0. The smallest absolute Gasteiger partial charge is 0.250 e. The third kappa shape index (κ3) is 2.69. The molecule has 1 N–H and O–H groups in total. The van der Waals surface area contributed by atoms with Crippen molar-refractivity contribution in [2.24, 2.45) is 7.05 Å². The lowest BCUT2D eigenvalue weighted by Crippen LogP contribution is -2.17. The number of nitrogens with one attached hydrogen (secondary N) is 1. The van der Waals surface area contributed by atoms with Crippen LogP contribution in [0.2, 0.25) is 0 Å². The Morgan fingerprint density at radius 1 is 1.05 bits per heavy atom. The molecule has 0 aromatic carbocycles. The molecule has 3 heterocycles. The SMILES string of the molecule is Cn1cc(NC(c2cccs2)c2cccs2)ccc1=O. The van der Waals surface area contributed by atoms with Crippen LogP contribution in [-0.2, 0) is 7.05 Å². The Morgan fingerprint density at radius 3 is 2.20 bits per heavy atom. The number of hydrogen-bond acceptors (Lipinski definition) is 4. The van der Waals surface area contributed by atoms with Crippen LogP contribution in [0.5, 0.6) is 0 Å². The summed E-state index contributed by atoms with van der Waals surface area (Å²) in [7, 11) is 1.76. The molecular formula is C15H14N2OS2. The third-order valence-corrected chi connectivity index (χ3v) is 4.93. The van der Waals surface area contributed by atoms with Gasteiger partial charge in [-0.05, 0) is 29.0 Å². The molecule has 3 nitrogen and oxygen atoms in total. The van der Waals surface area contributed by atoms with Gasteiger partial charge < -0.3 is 9.88 Å². The van der Waals surface area contributed by atoms with E-state index in [1.165, 1.54) is 9.75 Å². The Labute approximate surface area is 125 Å². The monoisotopic (exact) mass is 302 g/mol. The minimum atomic E-state index is -0.000604. The van der Waals surface area contributed by atoms with Gasteiger partial charge in [0.2, 0.25) is 5.56 Å². The van der Waals surface area contributed by atoms with Crippen molar-refractivity contribution >= 4 is 28.4 Å². The zero-order chi connectivity index (χ0) is 13.9. The van der Waals surface area contributed by atoms with Crippen molar-refractivity contribution in [1.82, 2.24) is 4.57 Å². The summed E-state index contributed by atoms with van der Waals surface area (Å²) in [6.07, 6.45) is 1.83. The number of rotatable bonds is 4. The molecule has 0 unspecified atom stereocenters. The first kappa shape index (κ1) is 13.1. The van der Waals surface area contributed by atoms with Crippen LogP contribution < -0.4 is 10.9 Å². The number of aromatic nitrogens is 1. The predicted molar refractivity (Wildman–Crippen MR) is 85.8 cm³/mol. The van der Waals surface area contributed by atoms with Crippen LogP contribution in [-0.4, -0.2) is 4.57 Å². The molecule has 102 valence electrons. The highest BCUT2D eigenvalue weighted by molar-refractivity contribution is 7.11. The van der Waals surface area contributed by atoms with E-state index in [2.05, 4.69) is 40.3 Å². The average Bonchev–Trinajstić information content (AvgIpc) is 3.12. The van der Waals surface area contributed by atoms with Gasteiger partial charge in [0.05, 0.1) is 11.7 Å². The predicted octanol–water partition coefficient (Wildman–Crippen LogP) is 3.71. The van der Waals surface area contributed by atoms with Crippen LogP contribution in [0.15, 0.2) is 58.1 Å². The maximum Gasteiger partial charge on any atom is 0.250 e. The summed E-state index contributed by atoms with van der Waals surface area (Å²) in [5.74, 6) is 0. The fourth-order valence-electron chi connectivity index (χ4n) is 2.04. The number of pyridine rings is 1. The van der Waals surface area contributed by atoms with E-state index in [4.69, 9.17) is 0 Å². The first-order chi connectivity index (χ1) is 9.74. The molecule has 0 saturated heterocycles. The fourth-order valence-corrected chi connectivity index (χ4v) is 3.70. The van der Waals surface area contributed by atoms with Gasteiger partial charge in [-0.1, -0.05) is 12.1 Å². The molecule has 3 aromatic rings. The first-order valence-corrected chi connectivity index (χ1v) is 8.00. The van der Waals surface area contributed by atoms with Crippen LogP contribution in [0.3, 0.4) is 0 Å². The summed E-state index contributed by atoms with van der Waals surface area (Å²) in [6.45, 7) is 0. The molecule has 0 bridgehead atoms. The highest BCUT2D eigenvalue weighted by Crippen LogP contribution is 2.32. The molecule has 0 amide bonds. The molecule has 0 spiro atoms. The molecule has 20 heavy (non-hydrogen) atoms. The second-order valence-electron chi connectivity index (χ2n) is 4.48. The lowest BCUT2D eigenvalue weighted by atomic mass is 10.2. The maximum absolute atomic E-state index is 11.5.